The van der Waals surface area contributed by atoms with Gasteiger partial charge in [-0.05, 0) is 23.5 Å². The van der Waals surface area contributed by atoms with E-state index in [1.54, 1.807) is 0 Å². The zero-order valence-electron chi connectivity index (χ0n) is 10.4. The van der Waals surface area contributed by atoms with E-state index in [9.17, 15) is 23.1 Å². The predicted octanol–water partition coefficient (Wildman–Crippen LogP) is 0.903. The number of alkyl halides is 3. The van der Waals surface area contributed by atoms with Gasteiger partial charge in [-0.2, -0.15) is 13.2 Å². The van der Waals surface area contributed by atoms with Gasteiger partial charge in [0.05, 0.1) is 22.2 Å². The Bertz CT molecular complexity index is 764. The van der Waals surface area contributed by atoms with Crippen LogP contribution in [0.2, 0.25) is 5.02 Å². The highest BCUT2D eigenvalue weighted by atomic mass is 35.5. The van der Waals surface area contributed by atoms with Crippen LogP contribution in [-0.2, 0) is 13.2 Å². The fraction of sp³-hybridized carbons (Fsp3) is 0.182. The van der Waals surface area contributed by atoms with E-state index in [2.05, 4.69) is 14.8 Å². The molecule has 1 heterocycles. The number of nitrogens with one attached hydrogen (secondary N) is 1. The maximum absolute atomic E-state index is 12.6. The summed E-state index contributed by atoms with van der Waals surface area (Å²) in [6, 6.07) is 2.35. The van der Waals surface area contributed by atoms with Crippen molar-refractivity contribution in [1.29, 1.82) is 0 Å². The fourth-order valence-electron chi connectivity index (χ4n) is 1.51. The number of aliphatic imine (C=N–C) groups is 1. The number of hydrogen-bond donors (Lipinski definition) is 1. The van der Waals surface area contributed by atoms with Gasteiger partial charge in [0.1, 0.15) is 0 Å². The molecule has 0 radical (unpaired) electrons. The second kappa shape index (κ2) is 5.24. The third kappa shape index (κ3) is 3.07. The van der Waals surface area contributed by atoms with Crippen molar-refractivity contribution in [2.24, 2.45) is 12.0 Å². The number of hydrogen-bond acceptors (Lipinski definition) is 4. The molecule has 1 aromatic heterocycles. The van der Waals surface area contributed by atoms with Crippen LogP contribution in [0.5, 0.6) is 0 Å². The molecule has 0 fully saturated rings. The van der Waals surface area contributed by atoms with E-state index in [1.807, 2.05) is 0 Å². The quantitative estimate of drug-likeness (QED) is 0.506. The van der Waals surface area contributed by atoms with Crippen LogP contribution >= 0.6 is 11.6 Å². The minimum Gasteiger partial charge on any atom is -0.854 e. The van der Waals surface area contributed by atoms with Gasteiger partial charge in [-0.15, -0.1) is 0 Å². The third-order valence-electron chi connectivity index (χ3n) is 2.50. The summed E-state index contributed by atoms with van der Waals surface area (Å²) in [5.74, 6) is -1.08. The molecule has 112 valence electrons. The summed E-state index contributed by atoms with van der Waals surface area (Å²) in [6.07, 6.45) is -4.60. The van der Waals surface area contributed by atoms with Gasteiger partial charge in [0.15, 0.2) is 7.05 Å². The lowest BCUT2D eigenvalue weighted by molar-refractivity contribution is -0.742. The molecule has 2 rings (SSSR count). The minimum atomic E-state index is -4.60. The van der Waals surface area contributed by atoms with Gasteiger partial charge >= 0.3 is 17.5 Å². The topological polar surface area (TPSA) is 85.3 Å². The monoisotopic (exact) mass is 321 g/mol. The lowest BCUT2D eigenvalue weighted by atomic mass is 10.2. The van der Waals surface area contributed by atoms with Crippen LogP contribution in [0.25, 0.3) is 0 Å². The Morgan fingerprint density at radius 3 is 2.67 bits per heavy atom. The van der Waals surface area contributed by atoms with Gasteiger partial charge in [0.2, 0.25) is 0 Å². The predicted molar refractivity (Wildman–Crippen MR) is 63.2 cm³/mol. The summed E-state index contributed by atoms with van der Waals surface area (Å²) in [5.41, 5.74) is -2.86. The summed E-state index contributed by atoms with van der Waals surface area (Å²) in [6.45, 7) is 0. The largest absolute Gasteiger partial charge is 0.854 e. The van der Waals surface area contributed by atoms with Crippen LogP contribution < -0.4 is 15.4 Å². The van der Waals surface area contributed by atoms with E-state index < -0.39 is 34.6 Å². The SMILES string of the molecule is C[n+]1[nH]oc(=O)c1C([O-])=Nc1cc(C(F)(F)F)ccc1Cl. The fourth-order valence-corrected chi connectivity index (χ4v) is 1.67. The first-order chi connectivity index (χ1) is 9.70. The number of aromatic amines is 1. The van der Waals surface area contributed by atoms with Crippen molar-refractivity contribution in [3.05, 3.63) is 44.9 Å². The van der Waals surface area contributed by atoms with Crippen molar-refractivity contribution < 1.29 is 27.5 Å². The van der Waals surface area contributed by atoms with Crippen LogP contribution in [0.3, 0.4) is 0 Å². The molecule has 21 heavy (non-hydrogen) atoms. The Hall–Kier alpha value is -2.29. The molecule has 0 saturated carbocycles. The van der Waals surface area contributed by atoms with E-state index in [0.717, 1.165) is 16.8 Å². The van der Waals surface area contributed by atoms with Gasteiger partial charge < -0.3 is 5.11 Å². The number of halogens is 4. The molecule has 10 heteroatoms. The molecule has 0 aliphatic rings. The van der Waals surface area contributed by atoms with Crippen LogP contribution in [0.1, 0.15) is 11.3 Å². The van der Waals surface area contributed by atoms with E-state index in [0.29, 0.717) is 6.07 Å². The van der Waals surface area contributed by atoms with Crippen LogP contribution in [0.15, 0.2) is 32.5 Å². The van der Waals surface area contributed by atoms with Crippen molar-refractivity contribution in [2.75, 3.05) is 0 Å². The summed E-state index contributed by atoms with van der Waals surface area (Å²) in [4.78, 5) is 14.7. The van der Waals surface area contributed by atoms with E-state index in [-0.39, 0.29) is 5.02 Å². The van der Waals surface area contributed by atoms with Gasteiger partial charge in [0, 0.05) is 0 Å². The highest BCUT2D eigenvalue weighted by Gasteiger charge is 2.31. The Labute approximate surface area is 120 Å². The number of aryl methyl sites for hydroxylation is 1. The first kappa shape index (κ1) is 15.1. The normalized spacial score (nSPS) is 12.7. The molecule has 0 spiro atoms. The minimum absolute atomic E-state index is 0.154. The molecule has 0 atom stereocenters. The summed E-state index contributed by atoms with van der Waals surface area (Å²) in [5, 5.41) is 13.8. The summed E-state index contributed by atoms with van der Waals surface area (Å²) in [7, 11) is 1.31. The van der Waals surface area contributed by atoms with Crippen molar-refractivity contribution in [2.45, 2.75) is 6.18 Å². The van der Waals surface area contributed by atoms with E-state index >= 15 is 0 Å². The summed E-state index contributed by atoms with van der Waals surface area (Å²) >= 11 is 5.70. The second-order valence-electron chi connectivity index (χ2n) is 3.97. The van der Waals surface area contributed by atoms with Crippen molar-refractivity contribution in [3.8, 4) is 0 Å². The van der Waals surface area contributed by atoms with Gasteiger partial charge in [-0.25, -0.2) is 4.79 Å². The average Bonchev–Trinajstić information content (AvgIpc) is 2.70. The number of benzene rings is 1. The molecule has 0 amide bonds. The van der Waals surface area contributed by atoms with Crippen LogP contribution in [-0.4, -0.2) is 11.2 Å². The van der Waals surface area contributed by atoms with E-state index in [1.165, 1.54) is 7.05 Å². The number of aromatic nitrogens is 2. The lowest BCUT2D eigenvalue weighted by Gasteiger charge is -2.09. The Morgan fingerprint density at radius 2 is 2.14 bits per heavy atom. The maximum Gasteiger partial charge on any atom is 0.435 e. The number of nitrogens with zero attached hydrogens (tertiary/aromatic N) is 2. The smallest absolute Gasteiger partial charge is 0.435 e. The lowest BCUT2D eigenvalue weighted by Crippen LogP contribution is -2.43. The molecular formula is C11H7ClF3N3O3. The maximum atomic E-state index is 12.6. The van der Waals surface area contributed by atoms with E-state index in [4.69, 9.17) is 11.6 Å². The standard InChI is InChI=1S/C11H7ClF3N3O3/c1-18-8(10(20)21-17-18)9(19)16-7-4-5(11(13,14)15)2-3-6(7)12/h2-4H,1H3,(H-,16,17,19,20). The number of rotatable bonds is 2. The first-order valence-corrected chi connectivity index (χ1v) is 5.78. The molecule has 0 unspecified atom stereocenters. The zero-order chi connectivity index (χ0) is 15.8. The molecule has 1 N–H and O–H groups in total. The third-order valence-corrected chi connectivity index (χ3v) is 2.82. The van der Waals surface area contributed by atoms with Crippen molar-refractivity contribution >= 4 is 23.2 Å². The molecular weight excluding hydrogens is 315 g/mol. The van der Waals surface area contributed by atoms with Crippen LogP contribution in [0.4, 0.5) is 18.9 Å². The molecule has 0 aliphatic heterocycles. The summed E-state index contributed by atoms with van der Waals surface area (Å²) < 4.78 is 43.1. The van der Waals surface area contributed by atoms with Crippen molar-refractivity contribution in [3.63, 3.8) is 0 Å². The van der Waals surface area contributed by atoms with Gasteiger partial charge in [0.25, 0.3) is 0 Å². The molecule has 1 aromatic carbocycles. The van der Waals surface area contributed by atoms with Gasteiger partial charge in [-0.3, -0.25) is 9.52 Å². The average molecular weight is 322 g/mol. The Morgan fingerprint density at radius 1 is 1.48 bits per heavy atom. The molecule has 2 aromatic rings. The Balaban J connectivity index is 2.52. The number of H-pyrrole nitrogens is 1. The van der Waals surface area contributed by atoms with Crippen molar-refractivity contribution in [1.82, 2.24) is 5.27 Å². The molecule has 0 bridgehead atoms. The van der Waals surface area contributed by atoms with Gasteiger partial charge in [-0.1, -0.05) is 16.3 Å². The molecule has 6 nitrogen and oxygen atoms in total. The van der Waals surface area contributed by atoms with Crippen LogP contribution in [0, 0.1) is 0 Å². The highest BCUT2D eigenvalue weighted by Crippen LogP contribution is 2.35. The second-order valence-corrected chi connectivity index (χ2v) is 4.38. The molecule has 0 aliphatic carbocycles. The first-order valence-electron chi connectivity index (χ1n) is 5.40. The Kier molecular flexibility index (Phi) is 3.77. The molecule has 0 saturated heterocycles. The highest BCUT2D eigenvalue weighted by molar-refractivity contribution is 6.33. The zero-order valence-corrected chi connectivity index (χ0v) is 11.1.